The summed E-state index contributed by atoms with van der Waals surface area (Å²) in [4.78, 5) is 48.5. The van der Waals surface area contributed by atoms with Gasteiger partial charge in [-0.2, -0.15) is 0 Å². The fraction of sp³-hybridized carbons (Fsp3) is 0.310. The molecule has 2 aromatic heterocycles. The van der Waals surface area contributed by atoms with Gasteiger partial charge in [0.15, 0.2) is 35.4 Å². The number of aromatic nitrogens is 4. The van der Waals surface area contributed by atoms with Crippen LogP contribution in [0.3, 0.4) is 0 Å². The Morgan fingerprint density at radius 1 is 0.889 bits per heavy atom. The summed E-state index contributed by atoms with van der Waals surface area (Å²) in [5, 5.41) is 2.77. The lowest BCUT2D eigenvalue weighted by Crippen LogP contribution is -2.40. The molecule has 0 saturated carbocycles. The number of ether oxygens (including phenoxy) is 4. The van der Waals surface area contributed by atoms with E-state index in [1.54, 1.807) is 30.3 Å². The van der Waals surface area contributed by atoms with Gasteiger partial charge < -0.3 is 23.5 Å². The molecule has 3 heterocycles. The molecular formula is C29H30N5O10P. The van der Waals surface area contributed by atoms with Crippen molar-refractivity contribution >= 4 is 42.6 Å². The summed E-state index contributed by atoms with van der Waals surface area (Å²) in [7, 11) is -4.13. The van der Waals surface area contributed by atoms with Crippen LogP contribution in [-0.4, -0.2) is 62.3 Å². The van der Waals surface area contributed by atoms with Gasteiger partial charge in [-0.1, -0.05) is 48.5 Å². The largest absolute Gasteiger partial charge is 0.488 e. The molecule has 0 bridgehead atoms. The van der Waals surface area contributed by atoms with Crippen LogP contribution in [-0.2, 0) is 49.0 Å². The van der Waals surface area contributed by atoms with E-state index < -0.39 is 50.2 Å². The molecule has 1 N–H and O–H groups in total. The number of nitrogens with one attached hydrogen (secondary N) is 1. The average molecular weight is 640 g/mol. The highest BCUT2D eigenvalue weighted by atomic mass is 31.2. The topological polar surface area (TPSA) is 179 Å². The minimum Gasteiger partial charge on any atom is -0.463 e. The van der Waals surface area contributed by atoms with Crippen molar-refractivity contribution < 1.29 is 46.9 Å². The predicted molar refractivity (Wildman–Crippen MR) is 157 cm³/mol. The van der Waals surface area contributed by atoms with E-state index in [2.05, 4.69) is 20.0 Å². The van der Waals surface area contributed by atoms with E-state index in [9.17, 15) is 18.9 Å². The lowest BCUT2D eigenvalue weighted by molar-refractivity contribution is -0.166. The molecule has 5 atom stereocenters. The summed E-state index contributed by atoms with van der Waals surface area (Å²) in [6, 6.07) is 17.6. The molecule has 0 radical (unpaired) electrons. The molecule has 1 unspecified atom stereocenters. The number of imidazole rings is 1. The number of benzene rings is 2. The number of esters is 3. The minimum absolute atomic E-state index is 0.0149. The van der Waals surface area contributed by atoms with Crippen molar-refractivity contribution in [1.29, 1.82) is 0 Å². The zero-order valence-electron chi connectivity index (χ0n) is 24.5. The highest BCUT2D eigenvalue weighted by Gasteiger charge is 2.51. The van der Waals surface area contributed by atoms with Crippen LogP contribution in [0.1, 0.15) is 32.6 Å². The Kier molecular flexibility index (Phi) is 9.71. The fourth-order valence-corrected chi connectivity index (χ4v) is 5.91. The van der Waals surface area contributed by atoms with Crippen molar-refractivity contribution in [3.05, 3.63) is 78.9 Å². The first-order chi connectivity index (χ1) is 21.6. The van der Waals surface area contributed by atoms with E-state index in [0.717, 1.165) is 5.56 Å². The maximum absolute atomic E-state index is 14.1. The van der Waals surface area contributed by atoms with Gasteiger partial charge in [-0.05, 0) is 17.7 Å². The van der Waals surface area contributed by atoms with Gasteiger partial charge in [-0.15, -0.1) is 0 Å². The van der Waals surface area contributed by atoms with E-state index in [4.69, 9.17) is 28.0 Å². The normalized spacial score (nSPS) is 20.6. The van der Waals surface area contributed by atoms with Crippen LogP contribution in [0, 0.1) is 0 Å². The van der Waals surface area contributed by atoms with Crippen LogP contribution in [0.2, 0.25) is 0 Å². The van der Waals surface area contributed by atoms with E-state index >= 15 is 0 Å². The molecule has 0 amide bonds. The van der Waals surface area contributed by atoms with E-state index in [1.165, 1.54) is 38.0 Å². The summed E-state index contributed by atoms with van der Waals surface area (Å²) in [6.45, 7) is 3.28. The lowest BCUT2D eigenvalue weighted by Gasteiger charge is -2.23. The fourth-order valence-electron chi connectivity index (χ4n) is 4.60. The van der Waals surface area contributed by atoms with Crippen molar-refractivity contribution in [2.75, 3.05) is 11.7 Å². The van der Waals surface area contributed by atoms with Gasteiger partial charge in [0.05, 0.1) is 12.9 Å². The molecule has 1 aliphatic rings. The van der Waals surface area contributed by atoms with Crippen LogP contribution in [0.5, 0.6) is 5.75 Å². The highest BCUT2D eigenvalue weighted by Crippen LogP contribution is 2.49. The molecule has 0 aliphatic carbocycles. The smallest absolute Gasteiger partial charge is 0.463 e. The predicted octanol–water partition coefficient (Wildman–Crippen LogP) is 3.97. The molecule has 2 aromatic carbocycles. The number of hydrogen-bond acceptors (Lipinski definition) is 13. The second-order valence-electron chi connectivity index (χ2n) is 9.83. The van der Waals surface area contributed by atoms with Gasteiger partial charge in [0.1, 0.15) is 24.8 Å². The number of anilines is 1. The molecular weight excluding hydrogens is 609 g/mol. The second kappa shape index (κ2) is 13.8. The highest BCUT2D eigenvalue weighted by molar-refractivity contribution is 7.55. The molecule has 4 aromatic rings. The lowest BCUT2D eigenvalue weighted by atomic mass is 10.1. The standard InChI is InChI=1S/C29H30N5O10P/c1-18(35)39-15-23-25(41-19(2)36)26(42-20(3)37)29(43-23)34-17-32-24-27(30-16-31-28(24)34)33-45(38,44-22-12-8-5-9-13-22)40-14-21-10-6-4-7-11-21/h4-13,16-17,23,25-26,29H,14-15H2,1-3H3,(H,30,31,33,38)/t23-,25-,26-,29-,45?/m1/s1. The van der Waals surface area contributed by atoms with Crippen LogP contribution < -0.4 is 9.61 Å². The van der Waals surface area contributed by atoms with Crippen LogP contribution >= 0.6 is 7.75 Å². The third-order valence-corrected chi connectivity index (χ3v) is 7.83. The molecule has 236 valence electrons. The molecule has 0 spiro atoms. The Balaban J connectivity index is 1.48. The number of hydrogen-bond donors (Lipinski definition) is 1. The Hall–Kier alpha value is -4.85. The van der Waals surface area contributed by atoms with Crippen LogP contribution in [0.4, 0.5) is 5.82 Å². The third kappa shape index (κ3) is 7.81. The molecule has 1 saturated heterocycles. The average Bonchev–Trinajstić information content (AvgIpc) is 3.57. The summed E-state index contributed by atoms with van der Waals surface area (Å²) < 4.78 is 49.3. The maximum atomic E-state index is 14.1. The molecule has 16 heteroatoms. The van der Waals surface area contributed by atoms with Crippen molar-refractivity contribution in [1.82, 2.24) is 19.5 Å². The first kappa shape index (κ1) is 31.6. The molecule has 1 fully saturated rings. The van der Waals surface area contributed by atoms with Crippen LogP contribution in [0.15, 0.2) is 73.3 Å². The number of nitrogens with zero attached hydrogens (tertiary/aromatic N) is 4. The molecule has 15 nitrogen and oxygen atoms in total. The Bertz CT molecular complexity index is 1700. The summed E-state index contributed by atoms with van der Waals surface area (Å²) >= 11 is 0. The van der Waals surface area contributed by atoms with Gasteiger partial charge in [-0.25, -0.2) is 19.5 Å². The third-order valence-electron chi connectivity index (χ3n) is 6.43. The van der Waals surface area contributed by atoms with Gasteiger partial charge in [0, 0.05) is 20.8 Å². The summed E-state index contributed by atoms with van der Waals surface area (Å²) in [6.07, 6.45) is -1.86. The number of fused-ring (bicyclic) bond motifs is 1. The summed E-state index contributed by atoms with van der Waals surface area (Å²) in [5.74, 6) is -1.61. The summed E-state index contributed by atoms with van der Waals surface area (Å²) in [5.41, 5.74) is 1.09. The molecule has 5 rings (SSSR count). The Morgan fingerprint density at radius 3 is 2.22 bits per heavy atom. The van der Waals surface area contributed by atoms with E-state index in [0.29, 0.717) is 0 Å². The van der Waals surface area contributed by atoms with Gasteiger partial charge in [0.25, 0.3) is 0 Å². The first-order valence-electron chi connectivity index (χ1n) is 13.7. The molecule has 1 aliphatic heterocycles. The van der Waals surface area contributed by atoms with E-state index in [-0.39, 0.29) is 35.9 Å². The van der Waals surface area contributed by atoms with Gasteiger partial charge in [0.2, 0.25) is 0 Å². The first-order valence-corrected chi connectivity index (χ1v) is 15.3. The van der Waals surface area contributed by atoms with Gasteiger partial charge in [-0.3, -0.25) is 28.6 Å². The quantitative estimate of drug-likeness (QED) is 0.134. The molecule has 45 heavy (non-hydrogen) atoms. The van der Waals surface area contributed by atoms with Crippen molar-refractivity contribution in [3.63, 3.8) is 0 Å². The zero-order chi connectivity index (χ0) is 32.0. The van der Waals surface area contributed by atoms with E-state index in [1.807, 2.05) is 30.3 Å². The number of para-hydroxylation sites is 1. The van der Waals surface area contributed by atoms with Crippen molar-refractivity contribution in [2.45, 2.75) is 51.9 Å². The van der Waals surface area contributed by atoms with Gasteiger partial charge >= 0.3 is 25.7 Å². The van der Waals surface area contributed by atoms with Crippen molar-refractivity contribution in [3.8, 4) is 5.75 Å². The number of carbonyl (C=O) groups excluding carboxylic acids is 3. The second-order valence-corrected chi connectivity index (χ2v) is 11.5. The minimum atomic E-state index is -4.13. The SMILES string of the molecule is CC(=O)OC[C@H]1O[C@@H](n2cnc3c(NP(=O)(OCc4ccccc4)Oc4ccccc4)ncnc32)[C@H](OC(C)=O)[C@@H]1OC(C)=O. The zero-order valence-corrected chi connectivity index (χ0v) is 25.4. The van der Waals surface area contributed by atoms with Crippen LogP contribution in [0.25, 0.3) is 11.2 Å². The Labute approximate surface area is 257 Å². The Morgan fingerprint density at radius 2 is 1.56 bits per heavy atom. The van der Waals surface area contributed by atoms with Crippen molar-refractivity contribution in [2.24, 2.45) is 0 Å². The number of rotatable bonds is 12. The monoisotopic (exact) mass is 639 g/mol. The number of carbonyl (C=O) groups is 3. The maximum Gasteiger partial charge on any atom is 0.488 e.